The summed E-state index contributed by atoms with van der Waals surface area (Å²) in [6, 6.07) is 9.49. The molecule has 1 atom stereocenters. The molecule has 0 aliphatic rings. The first-order valence-corrected chi connectivity index (χ1v) is 6.31. The number of rotatable bonds is 7. The van der Waals surface area contributed by atoms with Crippen molar-refractivity contribution in [3.05, 3.63) is 35.9 Å². The second kappa shape index (κ2) is 7.84. The molecule has 0 aliphatic heterocycles. The molecule has 1 aromatic carbocycles. The predicted octanol–water partition coefficient (Wildman–Crippen LogP) is 1.14. The lowest BCUT2D eigenvalue weighted by Crippen LogP contribution is -2.29. The van der Waals surface area contributed by atoms with Crippen LogP contribution in [0.2, 0.25) is 0 Å². The lowest BCUT2D eigenvalue weighted by molar-refractivity contribution is -0.121. The zero-order valence-electron chi connectivity index (χ0n) is 11.2. The van der Waals surface area contributed by atoms with E-state index in [-0.39, 0.29) is 11.9 Å². The first kappa shape index (κ1) is 14.7. The molecule has 0 aliphatic carbocycles. The fourth-order valence-corrected chi connectivity index (χ4v) is 1.71. The van der Waals surface area contributed by atoms with Crippen molar-refractivity contribution in [2.24, 2.45) is 5.73 Å². The largest absolute Gasteiger partial charge is 0.356 e. The summed E-state index contributed by atoms with van der Waals surface area (Å²) in [7, 11) is 4.04. The number of nitrogens with two attached hydrogens (primary N) is 1. The van der Waals surface area contributed by atoms with Crippen LogP contribution >= 0.6 is 0 Å². The minimum atomic E-state index is -0.222. The topological polar surface area (TPSA) is 58.4 Å². The quantitative estimate of drug-likeness (QED) is 0.713. The van der Waals surface area contributed by atoms with Crippen molar-refractivity contribution in [3.8, 4) is 0 Å². The normalized spacial score (nSPS) is 12.4. The third kappa shape index (κ3) is 5.80. The van der Waals surface area contributed by atoms with Gasteiger partial charge in [0, 0.05) is 19.0 Å². The molecule has 3 N–H and O–H groups in total. The van der Waals surface area contributed by atoms with Crippen LogP contribution in [0.3, 0.4) is 0 Å². The van der Waals surface area contributed by atoms with Gasteiger partial charge in [0.2, 0.25) is 5.91 Å². The molecule has 1 amide bonds. The van der Waals surface area contributed by atoms with Gasteiger partial charge in [-0.15, -0.1) is 0 Å². The van der Waals surface area contributed by atoms with Crippen molar-refractivity contribution < 1.29 is 4.79 Å². The minimum Gasteiger partial charge on any atom is -0.356 e. The zero-order chi connectivity index (χ0) is 13.4. The average molecular weight is 249 g/mol. The zero-order valence-corrected chi connectivity index (χ0v) is 11.2. The third-order valence-corrected chi connectivity index (χ3v) is 2.74. The summed E-state index contributed by atoms with van der Waals surface area (Å²) in [5.41, 5.74) is 6.98. The summed E-state index contributed by atoms with van der Waals surface area (Å²) in [6.07, 6.45) is 1.30. The molecular weight excluding hydrogens is 226 g/mol. The molecule has 100 valence electrons. The molecule has 4 nitrogen and oxygen atoms in total. The number of hydrogen-bond acceptors (Lipinski definition) is 3. The van der Waals surface area contributed by atoms with Crippen LogP contribution < -0.4 is 11.1 Å². The molecule has 0 fully saturated rings. The van der Waals surface area contributed by atoms with E-state index in [2.05, 4.69) is 10.2 Å². The molecule has 1 unspecified atom stereocenters. The van der Waals surface area contributed by atoms with Gasteiger partial charge in [-0.3, -0.25) is 4.79 Å². The Morgan fingerprint density at radius 1 is 1.33 bits per heavy atom. The van der Waals surface area contributed by atoms with Gasteiger partial charge in [-0.05, 0) is 32.6 Å². The van der Waals surface area contributed by atoms with Crippen LogP contribution in [0.25, 0.3) is 0 Å². The molecule has 0 spiro atoms. The summed E-state index contributed by atoms with van der Waals surface area (Å²) >= 11 is 0. The SMILES string of the molecule is CN(C)CCCNC(=O)CC(N)c1ccccc1. The minimum absolute atomic E-state index is 0.0186. The molecule has 0 radical (unpaired) electrons. The summed E-state index contributed by atoms with van der Waals surface area (Å²) < 4.78 is 0. The van der Waals surface area contributed by atoms with Crippen molar-refractivity contribution in [2.45, 2.75) is 18.9 Å². The molecule has 0 saturated carbocycles. The first-order valence-electron chi connectivity index (χ1n) is 6.31. The van der Waals surface area contributed by atoms with E-state index >= 15 is 0 Å². The highest BCUT2D eigenvalue weighted by molar-refractivity contribution is 5.76. The van der Waals surface area contributed by atoms with Crippen molar-refractivity contribution in [2.75, 3.05) is 27.2 Å². The lowest BCUT2D eigenvalue weighted by atomic mass is 10.0. The van der Waals surface area contributed by atoms with Gasteiger partial charge >= 0.3 is 0 Å². The predicted molar refractivity (Wildman–Crippen MR) is 74.2 cm³/mol. The number of carbonyl (C=O) groups is 1. The fourth-order valence-electron chi connectivity index (χ4n) is 1.71. The Morgan fingerprint density at radius 2 is 2.00 bits per heavy atom. The highest BCUT2D eigenvalue weighted by Gasteiger charge is 2.10. The van der Waals surface area contributed by atoms with Gasteiger partial charge in [0.05, 0.1) is 0 Å². The van der Waals surface area contributed by atoms with Gasteiger partial charge in [0.1, 0.15) is 0 Å². The second-order valence-corrected chi connectivity index (χ2v) is 4.73. The number of amides is 1. The van der Waals surface area contributed by atoms with Crippen LogP contribution in [-0.4, -0.2) is 38.0 Å². The van der Waals surface area contributed by atoms with E-state index in [0.29, 0.717) is 13.0 Å². The number of nitrogens with one attached hydrogen (secondary N) is 1. The number of hydrogen-bond donors (Lipinski definition) is 2. The average Bonchev–Trinajstić information content (AvgIpc) is 2.35. The molecule has 1 rings (SSSR count). The Hall–Kier alpha value is -1.39. The van der Waals surface area contributed by atoms with Crippen molar-refractivity contribution >= 4 is 5.91 Å². The van der Waals surface area contributed by atoms with Gasteiger partial charge in [0.25, 0.3) is 0 Å². The lowest BCUT2D eigenvalue weighted by Gasteiger charge is -2.13. The Kier molecular flexibility index (Phi) is 6.39. The van der Waals surface area contributed by atoms with Crippen molar-refractivity contribution in [3.63, 3.8) is 0 Å². The van der Waals surface area contributed by atoms with Crippen LogP contribution in [0.15, 0.2) is 30.3 Å². The molecule has 18 heavy (non-hydrogen) atoms. The number of nitrogens with zero attached hydrogens (tertiary/aromatic N) is 1. The number of benzene rings is 1. The molecule has 0 saturated heterocycles. The maximum absolute atomic E-state index is 11.7. The Morgan fingerprint density at radius 3 is 2.61 bits per heavy atom. The van der Waals surface area contributed by atoms with Gasteiger partial charge in [-0.1, -0.05) is 30.3 Å². The van der Waals surface area contributed by atoms with Crippen LogP contribution in [0.1, 0.15) is 24.4 Å². The van der Waals surface area contributed by atoms with E-state index in [1.54, 1.807) is 0 Å². The molecular formula is C14H23N3O. The third-order valence-electron chi connectivity index (χ3n) is 2.74. The van der Waals surface area contributed by atoms with E-state index in [1.165, 1.54) is 0 Å². The Bertz CT molecular complexity index is 351. The van der Waals surface area contributed by atoms with Crippen molar-refractivity contribution in [1.29, 1.82) is 0 Å². The number of carbonyl (C=O) groups excluding carboxylic acids is 1. The molecule has 4 heteroatoms. The Balaban J connectivity index is 2.24. The van der Waals surface area contributed by atoms with E-state index in [0.717, 1.165) is 18.5 Å². The van der Waals surface area contributed by atoms with Crippen LogP contribution in [0.4, 0.5) is 0 Å². The smallest absolute Gasteiger partial charge is 0.221 e. The molecule has 0 bridgehead atoms. The maximum Gasteiger partial charge on any atom is 0.221 e. The molecule has 0 heterocycles. The van der Waals surface area contributed by atoms with Gasteiger partial charge < -0.3 is 16.0 Å². The van der Waals surface area contributed by atoms with Crippen molar-refractivity contribution in [1.82, 2.24) is 10.2 Å². The summed E-state index contributed by atoms with van der Waals surface area (Å²) in [5, 5.41) is 2.89. The standard InChI is InChI=1S/C14H23N3O/c1-17(2)10-6-9-16-14(18)11-13(15)12-7-4-3-5-8-12/h3-5,7-8,13H,6,9-11,15H2,1-2H3,(H,16,18). The highest BCUT2D eigenvalue weighted by Crippen LogP contribution is 2.12. The van der Waals surface area contributed by atoms with E-state index < -0.39 is 0 Å². The summed E-state index contributed by atoms with van der Waals surface area (Å²) in [4.78, 5) is 13.8. The van der Waals surface area contributed by atoms with E-state index in [4.69, 9.17) is 5.73 Å². The van der Waals surface area contributed by atoms with Crippen LogP contribution in [0.5, 0.6) is 0 Å². The van der Waals surface area contributed by atoms with Gasteiger partial charge in [-0.2, -0.15) is 0 Å². The fraction of sp³-hybridized carbons (Fsp3) is 0.500. The van der Waals surface area contributed by atoms with Crippen LogP contribution in [0, 0.1) is 0 Å². The van der Waals surface area contributed by atoms with E-state index in [9.17, 15) is 4.79 Å². The van der Waals surface area contributed by atoms with Gasteiger partial charge in [-0.25, -0.2) is 0 Å². The van der Waals surface area contributed by atoms with Gasteiger partial charge in [0.15, 0.2) is 0 Å². The highest BCUT2D eigenvalue weighted by atomic mass is 16.1. The van der Waals surface area contributed by atoms with E-state index in [1.807, 2.05) is 44.4 Å². The summed E-state index contributed by atoms with van der Waals surface area (Å²) in [6.45, 7) is 1.68. The summed E-state index contributed by atoms with van der Waals surface area (Å²) in [5.74, 6) is 0.0186. The second-order valence-electron chi connectivity index (χ2n) is 4.73. The molecule has 1 aromatic rings. The first-order chi connectivity index (χ1) is 8.59. The molecule has 0 aromatic heterocycles. The maximum atomic E-state index is 11.7. The van der Waals surface area contributed by atoms with Crippen LogP contribution in [-0.2, 0) is 4.79 Å². The monoisotopic (exact) mass is 249 g/mol. The Labute approximate surface area is 109 Å².